The summed E-state index contributed by atoms with van der Waals surface area (Å²) in [7, 11) is 0. The molecule has 0 aromatic heterocycles. The van der Waals surface area contributed by atoms with E-state index in [1.165, 1.54) is 38.8 Å². The first-order chi connectivity index (χ1) is 5.94. The number of halogens is 2. The molecule has 4 unspecified atom stereocenters. The molecule has 71 valence electrons. The fourth-order valence-corrected chi connectivity index (χ4v) is 106. The third kappa shape index (κ3) is 0.0339. The van der Waals surface area contributed by atoms with Crippen LogP contribution in [0.2, 0.25) is 38.8 Å². The van der Waals surface area contributed by atoms with Crippen molar-refractivity contribution in [1.29, 1.82) is 0 Å². The van der Waals surface area contributed by atoms with Crippen LogP contribution in [-0.4, -0.2) is 6.52 Å². The molecular formula is C10H8Br2Co. The first kappa shape index (κ1) is 4.76. The molecule has 4 atom stereocenters. The first-order valence-electron chi connectivity index (χ1n) is 5.41. The van der Waals surface area contributed by atoms with Gasteiger partial charge in [-0.05, 0) is 0 Å². The summed E-state index contributed by atoms with van der Waals surface area (Å²) in [6.07, 6.45) is -2.69. The van der Waals surface area contributed by atoms with E-state index in [2.05, 4.69) is 31.9 Å². The molecule has 1 spiro atoms. The summed E-state index contributed by atoms with van der Waals surface area (Å²) >= 11 is 8.68. The van der Waals surface area contributed by atoms with Gasteiger partial charge in [-0.2, -0.15) is 0 Å². The van der Waals surface area contributed by atoms with Crippen LogP contribution in [0.4, 0.5) is 0 Å². The van der Waals surface area contributed by atoms with Gasteiger partial charge in [0.05, 0.1) is 0 Å². The molecule has 10 heterocycles. The molecule has 0 bridgehead atoms. The Morgan fingerprint density at radius 3 is 1.08 bits per heavy atom. The van der Waals surface area contributed by atoms with E-state index in [0.717, 1.165) is 6.52 Å². The maximum absolute atomic E-state index is 4.34. The van der Waals surface area contributed by atoms with Crippen LogP contribution in [0.25, 0.3) is 0 Å². The Morgan fingerprint density at radius 2 is 1.08 bits per heavy atom. The predicted octanol–water partition coefficient (Wildman–Crippen LogP) is 3.98. The van der Waals surface area contributed by atoms with Crippen molar-refractivity contribution in [2.75, 3.05) is 0 Å². The van der Waals surface area contributed by atoms with Crippen LogP contribution in [0, 0.1) is 0 Å². The Balaban J connectivity index is 2.20. The Morgan fingerprint density at radius 1 is 0.692 bits per heavy atom. The van der Waals surface area contributed by atoms with E-state index in [1.54, 1.807) is 0 Å². The molecule has 0 amide bonds. The molecule has 3 heteroatoms. The predicted molar refractivity (Wildman–Crippen MR) is 53.3 cm³/mol. The average molecular weight is 347 g/mol. The second kappa shape index (κ2) is 0.308. The molecular weight excluding hydrogens is 339 g/mol. The quantitative estimate of drug-likeness (QED) is 0.582. The minimum absolute atomic E-state index is 0.854. The molecule has 0 saturated carbocycles. The summed E-state index contributed by atoms with van der Waals surface area (Å²) in [5, 5.41) is 0. The van der Waals surface area contributed by atoms with E-state index in [0.29, 0.717) is 0 Å². The van der Waals surface area contributed by atoms with Crippen LogP contribution in [0.15, 0.2) is 0 Å². The summed E-state index contributed by atoms with van der Waals surface area (Å²) in [5.74, 6) is 0. The summed E-state index contributed by atoms with van der Waals surface area (Å²) in [4.78, 5) is 11.3. The van der Waals surface area contributed by atoms with Gasteiger partial charge in [0.2, 0.25) is 0 Å². The van der Waals surface area contributed by atoms with Gasteiger partial charge in [0.1, 0.15) is 0 Å². The molecule has 0 aliphatic carbocycles. The fourth-order valence-electron chi connectivity index (χ4n) is 14.9. The zero-order valence-corrected chi connectivity index (χ0v) is 10.9. The van der Waals surface area contributed by atoms with Crippen molar-refractivity contribution in [3.8, 4) is 0 Å². The maximum atomic E-state index is 4.34. The Kier molecular flexibility index (Phi) is 0.113. The van der Waals surface area contributed by atoms with Crippen LogP contribution in [0.5, 0.6) is 0 Å². The zero-order valence-electron chi connectivity index (χ0n) is 6.71. The molecule has 0 aromatic rings. The van der Waals surface area contributed by atoms with Gasteiger partial charge in [0, 0.05) is 0 Å². The fraction of sp³-hybridized carbons (Fsp3) is 1.00. The van der Waals surface area contributed by atoms with Gasteiger partial charge in [-0.25, -0.2) is 0 Å². The zero-order chi connectivity index (χ0) is 7.94. The number of alkyl halides is 2. The van der Waals surface area contributed by atoms with E-state index >= 15 is 0 Å². The van der Waals surface area contributed by atoms with Crippen molar-refractivity contribution in [2.45, 2.75) is 45.3 Å². The standard InChI is InChI=1S/C5H3Br2.C5H5.Co/c6-4-2-1-3-5(4)7;1-2-4-5-3-1;/h1-3H;1-5H;. The Bertz CT molecular complexity index is 822. The van der Waals surface area contributed by atoms with Crippen LogP contribution in [-0.2, 0) is 6.37 Å². The van der Waals surface area contributed by atoms with E-state index in [-0.39, 0.29) is 0 Å². The minimum atomic E-state index is -2.69. The number of rotatable bonds is 0. The second-order valence-corrected chi connectivity index (χ2v) is 34.8. The van der Waals surface area contributed by atoms with Crippen molar-refractivity contribution in [3.05, 3.63) is 0 Å². The molecule has 10 saturated heterocycles. The molecule has 0 N–H and O–H groups in total. The van der Waals surface area contributed by atoms with Gasteiger partial charge in [-0.3, -0.25) is 0 Å². The van der Waals surface area contributed by atoms with Crippen molar-refractivity contribution >= 4 is 31.9 Å². The number of hydrogen-bond donors (Lipinski definition) is 0. The summed E-state index contributed by atoms with van der Waals surface area (Å²) in [6, 6.07) is 0. The first-order valence-corrected chi connectivity index (χ1v) is 12.8. The average Bonchev–Trinajstić information content (AvgIpc) is 3.02. The normalized spacial score (nSPS) is 158. The van der Waals surface area contributed by atoms with Gasteiger partial charge in [-0.1, -0.05) is 0 Å². The van der Waals surface area contributed by atoms with Crippen molar-refractivity contribution in [1.82, 2.24) is 0 Å². The van der Waals surface area contributed by atoms with Crippen LogP contribution >= 0.6 is 31.9 Å². The van der Waals surface area contributed by atoms with Crippen molar-refractivity contribution in [2.24, 2.45) is 0 Å². The Hall–Kier alpha value is 1.47. The van der Waals surface area contributed by atoms with E-state index < -0.39 is 6.37 Å². The third-order valence-corrected chi connectivity index (χ3v) is 68.1. The third-order valence-electron chi connectivity index (χ3n) is 13.7. The molecule has 10 rings (SSSR count). The molecule has 10 fully saturated rings. The molecule has 10 aliphatic rings. The van der Waals surface area contributed by atoms with E-state index in [4.69, 9.17) is 0 Å². The van der Waals surface area contributed by atoms with E-state index in [9.17, 15) is 0 Å². The molecule has 13 heavy (non-hydrogen) atoms. The van der Waals surface area contributed by atoms with Crippen molar-refractivity contribution < 1.29 is 6.37 Å². The SMILES string of the molecule is Br[C]12[CH]3[CH]4[CH]5[C]1(Br)[Co]43521678[CH]2[CH]1[CH]6[CH]7[CH]28. The monoisotopic (exact) mass is 345 g/mol. The van der Waals surface area contributed by atoms with Gasteiger partial charge >= 0.3 is 83.6 Å². The van der Waals surface area contributed by atoms with Gasteiger partial charge in [-0.15, -0.1) is 0 Å². The van der Waals surface area contributed by atoms with Crippen LogP contribution in [0.1, 0.15) is 0 Å². The molecule has 0 aromatic carbocycles. The number of hydrogen-bond acceptors (Lipinski definition) is 0. The molecule has 10 aliphatic heterocycles. The molecule has 0 nitrogen and oxygen atoms in total. The Labute approximate surface area is 83.0 Å². The topological polar surface area (TPSA) is 0 Å². The van der Waals surface area contributed by atoms with Crippen molar-refractivity contribution in [3.63, 3.8) is 0 Å². The van der Waals surface area contributed by atoms with E-state index in [1.807, 2.05) is 0 Å². The summed E-state index contributed by atoms with van der Waals surface area (Å²) in [6.45, 7) is 0. The molecule has 0 radical (unpaired) electrons. The van der Waals surface area contributed by atoms with Gasteiger partial charge in [0.25, 0.3) is 0 Å². The number of fused-ring (bicyclic) bond motifs is 10. The van der Waals surface area contributed by atoms with Gasteiger partial charge < -0.3 is 0 Å². The summed E-state index contributed by atoms with van der Waals surface area (Å²) < 4.78 is 1.71. The van der Waals surface area contributed by atoms with Crippen LogP contribution < -0.4 is 0 Å². The second-order valence-electron chi connectivity index (χ2n) is 9.15. The van der Waals surface area contributed by atoms with Crippen LogP contribution in [0.3, 0.4) is 0 Å². The van der Waals surface area contributed by atoms with Gasteiger partial charge in [0.15, 0.2) is 0 Å². The summed E-state index contributed by atoms with van der Waals surface area (Å²) in [5.41, 5.74) is 0.